The monoisotopic (exact) mass is 252 g/mol. The third-order valence-corrected chi connectivity index (χ3v) is 2.28. The number of rotatable bonds is 6. The minimum absolute atomic E-state index is 0.0484. The van der Waals surface area contributed by atoms with Gasteiger partial charge in [-0.25, -0.2) is 0 Å². The second kappa shape index (κ2) is 6.61. The normalized spacial score (nSPS) is 18.4. The summed E-state index contributed by atoms with van der Waals surface area (Å²) in [6, 6.07) is 0. The summed E-state index contributed by atoms with van der Waals surface area (Å²) in [5.41, 5.74) is 5.48. The van der Waals surface area contributed by atoms with Crippen molar-refractivity contribution in [1.82, 2.24) is 10.6 Å². The highest BCUT2D eigenvalue weighted by Crippen LogP contribution is 2.32. The van der Waals surface area contributed by atoms with Gasteiger partial charge in [-0.3, -0.25) is 10.3 Å². The molecule has 17 heavy (non-hydrogen) atoms. The first kappa shape index (κ1) is 15.9. The Kier molecular flexibility index (Phi) is 6.19. The lowest BCUT2D eigenvalue weighted by atomic mass is 9.99. The number of halogens is 3. The highest BCUT2D eigenvalue weighted by atomic mass is 19.4. The van der Waals surface area contributed by atoms with Crippen LogP contribution >= 0.6 is 0 Å². The molecule has 0 saturated heterocycles. The molecule has 3 atom stereocenters. The molecule has 0 saturated carbocycles. The van der Waals surface area contributed by atoms with Crippen molar-refractivity contribution < 1.29 is 13.2 Å². The van der Waals surface area contributed by atoms with Gasteiger partial charge in [-0.05, 0) is 33.2 Å². The highest BCUT2D eigenvalue weighted by molar-refractivity contribution is 5.28. The summed E-state index contributed by atoms with van der Waals surface area (Å²) in [6.07, 6.45) is -4.31. The minimum atomic E-state index is -4.33. The van der Waals surface area contributed by atoms with Crippen LogP contribution in [0.3, 0.4) is 0 Å². The van der Waals surface area contributed by atoms with Gasteiger partial charge in [0.2, 0.25) is 0 Å². The molecule has 0 rings (SSSR count). The van der Waals surface area contributed by atoms with Gasteiger partial charge in [0.1, 0.15) is 6.17 Å². The first-order chi connectivity index (χ1) is 7.73. The molecule has 0 amide bonds. The molecular weight excluding hydrogens is 233 g/mol. The number of alkyl halides is 3. The van der Waals surface area contributed by atoms with E-state index in [1.165, 1.54) is 13.2 Å². The topological polar surface area (TPSA) is 62.4 Å². The fourth-order valence-corrected chi connectivity index (χ4v) is 1.22. The number of nitrogens with one attached hydrogen (secondary N) is 2. The van der Waals surface area contributed by atoms with E-state index in [-0.39, 0.29) is 5.57 Å². The molecule has 0 bridgehead atoms. The van der Waals surface area contributed by atoms with Crippen LogP contribution in [0.4, 0.5) is 13.2 Å². The highest BCUT2D eigenvalue weighted by Gasteiger charge is 2.40. The third-order valence-electron chi connectivity index (χ3n) is 2.28. The summed E-state index contributed by atoms with van der Waals surface area (Å²) in [5, 5.41) is 5.29. The summed E-state index contributed by atoms with van der Waals surface area (Å²) in [4.78, 5) is 3.61. The van der Waals surface area contributed by atoms with E-state index in [4.69, 9.17) is 5.73 Å². The molecule has 0 aliphatic carbocycles. The van der Waals surface area contributed by atoms with Crippen LogP contribution in [0.5, 0.6) is 0 Å². The fraction of sp³-hybridized carbons (Fsp3) is 0.700. The van der Waals surface area contributed by atoms with E-state index in [1.54, 1.807) is 6.92 Å². The van der Waals surface area contributed by atoms with Gasteiger partial charge in [0.25, 0.3) is 0 Å². The number of likely N-dealkylation sites (N-methyl/N-ethyl adjacent to an activating group) is 1. The lowest BCUT2D eigenvalue weighted by Crippen LogP contribution is -2.37. The molecule has 4 nitrogen and oxygen atoms in total. The Bertz CT molecular complexity index is 273. The molecule has 0 aromatic heterocycles. The number of aliphatic imine (C=N–C) groups is 1. The van der Waals surface area contributed by atoms with Crippen LogP contribution in [0, 0.1) is 5.92 Å². The molecule has 0 aromatic rings. The van der Waals surface area contributed by atoms with Crippen LogP contribution in [-0.2, 0) is 0 Å². The number of nitrogens with zero attached hydrogens (tertiary/aromatic N) is 1. The summed E-state index contributed by atoms with van der Waals surface area (Å²) >= 11 is 0. The van der Waals surface area contributed by atoms with Crippen molar-refractivity contribution >= 4 is 6.72 Å². The Morgan fingerprint density at radius 3 is 2.24 bits per heavy atom. The lowest BCUT2D eigenvalue weighted by molar-refractivity contribution is -0.160. The Morgan fingerprint density at radius 1 is 1.41 bits per heavy atom. The zero-order chi connectivity index (χ0) is 13.6. The lowest BCUT2D eigenvalue weighted by Gasteiger charge is -2.24. The minimum Gasteiger partial charge on any atom is -0.376 e. The Morgan fingerprint density at radius 2 is 1.94 bits per heavy atom. The average molecular weight is 252 g/mol. The Hall–Kier alpha value is -1.08. The molecule has 4 N–H and O–H groups in total. The van der Waals surface area contributed by atoms with Crippen LogP contribution in [0.15, 0.2) is 16.8 Å². The van der Waals surface area contributed by atoms with Crippen molar-refractivity contribution in [2.24, 2.45) is 16.6 Å². The van der Waals surface area contributed by atoms with E-state index in [0.29, 0.717) is 0 Å². The van der Waals surface area contributed by atoms with Crippen molar-refractivity contribution in [3.05, 3.63) is 11.8 Å². The number of nitrogens with two attached hydrogens (primary N) is 1. The maximum Gasteiger partial charge on any atom is 0.395 e. The number of hydrogen-bond donors (Lipinski definition) is 3. The SMILES string of the molecule is C=NC(NC)/C(=C/N[C@H](C)N)C(C)C(F)(F)F. The second-order valence-corrected chi connectivity index (χ2v) is 3.74. The molecule has 0 fully saturated rings. The van der Waals surface area contributed by atoms with Crippen LogP contribution < -0.4 is 16.4 Å². The predicted octanol–water partition coefficient (Wildman–Crippen LogP) is 1.21. The maximum absolute atomic E-state index is 12.7. The van der Waals surface area contributed by atoms with Gasteiger partial charge in [-0.1, -0.05) is 0 Å². The van der Waals surface area contributed by atoms with Gasteiger partial charge in [-0.15, -0.1) is 0 Å². The Labute approximate surface area is 99.2 Å². The van der Waals surface area contributed by atoms with Crippen molar-refractivity contribution in [2.45, 2.75) is 32.4 Å². The first-order valence-electron chi connectivity index (χ1n) is 5.15. The zero-order valence-electron chi connectivity index (χ0n) is 10.2. The van der Waals surface area contributed by atoms with Crippen LogP contribution in [0.1, 0.15) is 13.8 Å². The zero-order valence-corrected chi connectivity index (χ0v) is 10.2. The van der Waals surface area contributed by atoms with Gasteiger partial charge >= 0.3 is 6.18 Å². The molecule has 7 heteroatoms. The van der Waals surface area contributed by atoms with Gasteiger partial charge in [0.05, 0.1) is 12.1 Å². The van der Waals surface area contributed by atoms with Gasteiger partial charge in [-0.2, -0.15) is 13.2 Å². The second-order valence-electron chi connectivity index (χ2n) is 3.74. The summed E-state index contributed by atoms with van der Waals surface area (Å²) in [5.74, 6) is -1.63. The smallest absolute Gasteiger partial charge is 0.376 e. The first-order valence-corrected chi connectivity index (χ1v) is 5.15. The van der Waals surface area contributed by atoms with E-state index in [1.807, 2.05) is 0 Å². The molecule has 0 aromatic carbocycles. The summed E-state index contributed by atoms with van der Waals surface area (Å²) in [7, 11) is 1.52. The van der Waals surface area contributed by atoms with Crippen LogP contribution in [0.2, 0.25) is 0 Å². The quantitative estimate of drug-likeness (QED) is 0.492. The van der Waals surface area contributed by atoms with E-state index < -0.39 is 24.4 Å². The largest absolute Gasteiger partial charge is 0.395 e. The van der Waals surface area contributed by atoms with Crippen molar-refractivity contribution in [3.63, 3.8) is 0 Å². The molecule has 0 aliphatic heterocycles. The van der Waals surface area contributed by atoms with E-state index in [0.717, 1.165) is 6.92 Å². The summed E-state index contributed by atoms with van der Waals surface area (Å²) in [6.45, 7) is 5.97. The van der Waals surface area contributed by atoms with Crippen LogP contribution in [0.25, 0.3) is 0 Å². The average Bonchev–Trinajstić information content (AvgIpc) is 2.21. The van der Waals surface area contributed by atoms with E-state index in [9.17, 15) is 13.2 Å². The van der Waals surface area contributed by atoms with Crippen molar-refractivity contribution in [1.29, 1.82) is 0 Å². The van der Waals surface area contributed by atoms with Crippen molar-refractivity contribution in [3.8, 4) is 0 Å². The van der Waals surface area contributed by atoms with Crippen LogP contribution in [-0.4, -0.2) is 32.3 Å². The molecule has 0 heterocycles. The summed E-state index contributed by atoms with van der Waals surface area (Å²) < 4.78 is 38.0. The molecule has 0 radical (unpaired) electrons. The molecule has 100 valence electrons. The third kappa shape index (κ3) is 5.18. The molecular formula is C10H19F3N4. The Balaban J connectivity index is 5.09. The predicted molar refractivity (Wildman–Crippen MR) is 62.5 cm³/mol. The molecule has 0 spiro atoms. The fourth-order valence-electron chi connectivity index (χ4n) is 1.22. The molecule has 2 unspecified atom stereocenters. The molecule has 0 aliphatic rings. The standard InChI is InChI=1S/C10H19F3N4/c1-6(10(11,12)13)8(5-17-7(2)14)9(15-3)16-4/h5-7,9,16-17H,3,14H2,1-2,4H3/b8-5+/t6?,7-,9?/m1/s1. The van der Waals surface area contributed by atoms with Gasteiger partial charge in [0.15, 0.2) is 0 Å². The van der Waals surface area contributed by atoms with Crippen molar-refractivity contribution in [2.75, 3.05) is 7.05 Å². The van der Waals surface area contributed by atoms with Gasteiger partial charge in [0, 0.05) is 6.20 Å². The van der Waals surface area contributed by atoms with Gasteiger partial charge < -0.3 is 11.1 Å². The number of hydrogen-bond acceptors (Lipinski definition) is 4. The maximum atomic E-state index is 12.7. The van der Waals surface area contributed by atoms with E-state index >= 15 is 0 Å². The van der Waals surface area contributed by atoms with E-state index in [2.05, 4.69) is 22.3 Å².